The van der Waals surface area contributed by atoms with Crippen molar-refractivity contribution in [2.24, 2.45) is 0 Å². The number of hydrogen-bond acceptors (Lipinski definition) is 3. The van der Waals surface area contributed by atoms with Gasteiger partial charge in [-0.3, -0.25) is 4.79 Å². The van der Waals surface area contributed by atoms with Crippen LogP contribution in [-0.2, 0) is 4.74 Å². The molecule has 1 fully saturated rings. The summed E-state index contributed by atoms with van der Waals surface area (Å²) in [5.41, 5.74) is 0.445. The second-order valence-electron chi connectivity index (χ2n) is 5.06. The van der Waals surface area contributed by atoms with Crippen LogP contribution in [0.4, 0.5) is 0 Å². The van der Waals surface area contributed by atoms with Gasteiger partial charge in [0.2, 0.25) is 0 Å². The number of rotatable bonds is 5. The topological polar surface area (TPSA) is 50.4 Å². The fraction of sp³-hybridized carbons (Fsp3) is 0.500. The number of carbonyl (C=O) groups is 1. The van der Waals surface area contributed by atoms with Gasteiger partial charge in [-0.05, 0) is 53.5 Å². The Bertz CT molecular complexity index is 494. The first-order valence-electron chi connectivity index (χ1n) is 6.53. The molecule has 2 N–H and O–H groups in total. The molecule has 1 unspecified atom stereocenters. The Morgan fingerprint density at radius 1 is 1.57 bits per heavy atom. The predicted octanol–water partition coefficient (Wildman–Crippen LogP) is 3.02. The van der Waals surface area contributed by atoms with Crippen molar-refractivity contribution in [3.05, 3.63) is 33.3 Å². The molecule has 1 saturated heterocycles. The van der Waals surface area contributed by atoms with Gasteiger partial charge in [-0.25, -0.2) is 0 Å². The maximum atomic E-state index is 12.2. The number of halogens is 3. The molecule has 0 aliphatic carbocycles. The predicted molar refractivity (Wildman–Crippen MR) is 90.6 cm³/mol. The molecule has 0 saturated carbocycles. The van der Waals surface area contributed by atoms with Gasteiger partial charge in [0.25, 0.3) is 5.91 Å². The number of carbonyl (C=O) groups excluding carboxylic acids is 1. The van der Waals surface area contributed by atoms with E-state index in [1.54, 1.807) is 25.3 Å². The van der Waals surface area contributed by atoms with Crippen LogP contribution in [0.2, 0.25) is 5.02 Å². The highest BCUT2D eigenvalue weighted by molar-refractivity contribution is 9.10. The Morgan fingerprint density at radius 3 is 2.90 bits per heavy atom. The van der Waals surface area contributed by atoms with Gasteiger partial charge in [0.1, 0.15) is 0 Å². The third kappa shape index (κ3) is 4.83. The summed E-state index contributed by atoms with van der Waals surface area (Å²) in [6, 6.07) is 5.15. The molecule has 1 aliphatic rings. The molecule has 1 aromatic carbocycles. The van der Waals surface area contributed by atoms with Crippen molar-refractivity contribution in [2.45, 2.75) is 18.4 Å². The second kappa shape index (κ2) is 8.34. The van der Waals surface area contributed by atoms with Crippen molar-refractivity contribution in [3.63, 3.8) is 0 Å². The summed E-state index contributed by atoms with van der Waals surface area (Å²) in [6.07, 6.45) is 2.11. The van der Waals surface area contributed by atoms with Crippen LogP contribution in [0.15, 0.2) is 22.7 Å². The zero-order valence-electron chi connectivity index (χ0n) is 11.7. The summed E-state index contributed by atoms with van der Waals surface area (Å²) in [4.78, 5) is 12.2. The number of methoxy groups -OCH3 is 1. The summed E-state index contributed by atoms with van der Waals surface area (Å²) in [5, 5.41) is 6.99. The molecule has 0 bridgehead atoms. The van der Waals surface area contributed by atoms with Gasteiger partial charge >= 0.3 is 0 Å². The zero-order chi connectivity index (χ0) is 14.6. The minimum atomic E-state index is -0.145. The maximum Gasteiger partial charge on any atom is 0.251 e. The smallest absolute Gasteiger partial charge is 0.251 e. The molecule has 1 atom stereocenters. The summed E-state index contributed by atoms with van der Waals surface area (Å²) >= 11 is 9.25. The van der Waals surface area contributed by atoms with E-state index in [9.17, 15) is 4.79 Å². The summed E-state index contributed by atoms with van der Waals surface area (Å²) in [5.74, 6) is -0.105. The van der Waals surface area contributed by atoms with Crippen LogP contribution >= 0.6 is 39.9 Å². The molecule has 0 spiro atoms. The molecule has 0 radical (unpaired) electrons. The van der Waals surface area contributed by atoms with Crippen molar-refractivity contribution < 1.29 is 9.53 Å². The van der Waals surface area contributed by atoms with Crippen LogP contribution in [0.25, 0.3) is 0 Å². The fourth-order valence-electron chi connectivity index (χ4n) is 2.46. The minimum absolute atomic E-state index is 0. The van der Waals surface area contributed by atoms with Crippen molar-refractivity contribution in [1.82, 2.24) is 10.6 Å². The number of nitrogens with one attached hydrogen (secondary N) is 2. The fourth-order valence-corrected chi connectivity index (χ4v) is 2.96. The van der Waals surface area contributed by atoms with Crippen LogP contribution in [0.1, 0.15) is 23.2 Å². The lowest BCUT2D eigenvalue weighted by Gasteiger charge is -2.29. The molecule has 1 aliphatic heterocycles. The van der Waals surface area contributed by atoms with E-state index >= 15 is 0 Å². The standard InChI is InChI=1S/C14H18BrClN2O2.ClH/c1-20-9-14(5-2-6-18-14)8-17-13(19)10-3-4-12(16)11(15)7-10;/h3-4,7,18H,2,5-6,8-9H2,1H3,(H,17,19);1H. The Hall–Kier alpha value is -0.330. The number of benzene rings is 1. The number of hydrogen-bond donors (Lipinski definition) is 2. The normalized spacial score (nSPS) is 20.9. The van der Waals surface area contributed by atoms with Gasteiger partial charge in [-0.1, -0.05) is 11.6 Å². The molecular weight excluding hydrogens is 379 g/mol. The summed E-state index contributed by atoms with van der Waals surface area (Å²) in [6.45, 7) is 2.11. The zero-order valence-corrected chi connectivity index (χ0v) is 14.9. The molecule has 118 valence electrons. The van der Waals surface area contributed by atoms with Gasteiger partial charge in [-0.2, -0.15) is 0 Å². The molecule has 4 nitrogen and oxygen atoms in total. The van der Waals surface area contributed by atoms with Crippen LogP contribution in [0.5, 0.6) is 0 Å². The van der Waals surface area contributed by atoms with E-state index in [0.717, 1.165) is 23.9 Å². The van der Waals surface area contributed by atoms with Crippen LogP contribution in [0, 0.1) is 0 Å². The SMILES string of the molecule is COCC1(CNC(=O)c2ccc(Cl)c(Br)c2)CCCN1.Cl. The Kier molecular flexibility index (Phi) is 7.44. The Morgan fingerprint density at radius 2 is 2.33 bits per heavy atom. The van der Waals surface area contributed by atoms with Crippen LogP contribution in [-0.4, -0.2) is 38.3 Å². The number of ether oxygens (including phenoxy) is 1. The molecule has 1 heterocycles. The van der Waals surface area contributed by atoms with E-state index in [1.165, 1.54) is 0 Å². The van der Waals surface area contributed by atoms with E-state index in [2.05, 4.69) is 26.6 Å². The third-order valence-corrected chi connectivity index (χ3v) is 4.74. The monoisotopic (exact) mass is 396 g/mol. The van der Waals surface area contributed by atoms with Gasteiger partial charge in [-0.15, -0.1) is 12.4 Å². The first-order chi connectivity index (χ1) is 9.56. The minimum Gasteiger partial charge on any atom is -0.383 e. The highest BCUT2D eigenvalue weighted by Gasteiger charge is 2.33. The molecule has 21 heavy (non-hydrogen) atoms. The first kappa shape index (κ1) is 18.7. The lowest BCUT2D eigenvalue weighted by Crippen LogP contribution is -2.53. The maximum absolute atomic E-state index is 12.2. The lowest BCUT2D eigenvalue weighted by molar-refractivity contribution is 0.0892. The Balaban J connectivity index is 0.00000220. The molecular formula is C14H19BrCl2N2O2. The van der Waals surface area contributed by atoms with E-state index in [-0.39, 0.29) is 23.9 Å². The van der Waals surface area contributed by atoms with Crippen molar-refractivity contribution in [2.75, 3.05) is 26.8 Å². The highest BCUT2D eigenvalue weighted by atomic mass is 79.9. The third-order valence-electron chi connectivity index (χ3n) is 3.52. The molecule has 0 aromatic heterocycles. The van der Waals surface area contributed by atoms with Crippen molar-refractivity contribution >= 4 is 45.8 Å². The van der Waals surface area contributed by atoms with Gasteiger partial charge < -0.3 is 15.4 Å². The lowest BCUT2D eigenvalue weighted by atomic mass is 9.98. The summed E-state index contributed by atoms with van der Waals surface area (Å²) < 4.78 is 5.98. The van der Waals surface area contributed by atoms with Gasteiger partial charge in [0.15, 0.2) is 0 Å². The number of amides is 1. The van der Waals surface area contributed by atoms with E-state index < -0.39 is 0 Å². The summed E-state index contributed by atoms with van der Waals surface area (Å²) in [7, 11) is 1.68. The molecule has 7 heteroatoms. The highest BCUT2D eigenvalue weighted by Crippen LogP contribution is 2.23. The van der Waals surface area contributed by atoms with E-state index in [0.29, 0.717) is 23.7 Å². The van der Waals surface area contributed by atoms with Gasteiger partial charge in [0.05, 0.1) is 17.2 Å². The average molecular weight is 398 g/mol. The van der Waals surface area contributed by atoms with Crippen molar-refractivity contribution in [1.29, 1.82) is 0 Å². The quantitative estimate of drug-likeness (QED) is 0.802. The van der Waals surface area contributed by atoms with E-state index in [1.807, 2.05) is 0 Å². The van der Waals surface area contributed by atoms with Gasteiger partial charge in [0, 0.05) is 23.7 Å². The first-order valence-corrected chi connectivity index (χ1v) is 7.71. The molecule has 2 rings (SSSR count). The van der Waals surface area contributed by atoms with Crippen LogP contribution < -0.4 is 10.6 Å². The average Bonchev–Trinajstić information content (AvgIpc) is 2.89. The van der Waals surface area contributed by atoms with Crippen molar-refractivity contribution in [3.8, 4) is 0 Å². The molecule has 1 amide bonds. The van der Waals surface area contributed by atoms with E-state index in [4.69, 9.17) is 16.3 Å². The molecule has 1 aromatic rings. The largest absolute Gasteiger partial charge is 0.383 e. The Labute approximate surface area is 144 Å². The van der Waals surface area contributed by atoms with Crippen LogP contribution in [0.3, 0.4) is 0 Å². The second-order valence-corrected chi connectivity index (χ2v) is 6.32.